The highest BCUT2D eigenvalue weighted by Crippen LogP contribution is 2.37. The van der Waals surface area contributed by atoms with Crippen LogP contribution in [0.25, 0.3) is 10.9 Å². The van der Waals surface area contributed by atoms with E-state index in [4.69, 9.17) is 14.2 Å². The van der Waals surface area contributed by atoms with Crippen LogP contribution in [0.3, 0.4) is 0 Å². The lowest BCUT2D eigenvalue weighted by atomic mass is 9.92. The zero-order valence-electron chi connectivity index (χ0n) is 23.8. The number of aliphatic hydroxyl groups excluding tert-OH is 1. The zero-order valence-corrected chi connectivity index (χ0v) is 23.8. The highest BCUT2D eigenvalue weighted by Gasteiger charge is 2.28. The summed E-state index contributed by atoms with van der Waals surface area (Å²) in [5.41, 5.74) is 0.534. The second-order valence-corrected chi connectivity index (χ2v) is 10.4. The van der Waals surface area contributed by atoms with Crippen molar-refractivity contribution in [2.24, 2.45) is 5.92 Å². The molecule has 0 bridgehead atoms. The molecule has 1 aromatic carbocycles. The van der Waals surface area contributed by atoms with Gasteiger partial charge in [-0.15, -0.1) is 0 Å². The largest absolute Gasteiger partial charge is 0.493 e. The second kappa shape index (κ2) is 12.0. The maximum Gasteiger partial charge on any atom is 0.265 e. The van der Waals surface area contributed by atoms with E-state index in [0.717, 1.165) is 0 Å². The number of hydrogen-bond acceptors (Lipinski definition) is 9. The van der Waals surface area contributed by atoms with Gasteiger partial charge in [0.05, 0.1) is 25.9 Å². The molecule has 0 saturated carbocycles. The second-order valence-electron chi connectivity index (χ2n) is 10.4. The van der Waals surface area contributed by atoms with E-state index in [1.54, 1.807) is 44.7 Å². The average molecular weight is 573 g/mol. The van der Waals surface area contributed by atoms with Gasteiger partial charge >= 0.3 is 0 Å². The number of nitrogens with one attached hydrogen (secondary N) is 1. The van der Waals surface area contributed by atoms with E-state index in [0.29, 0.717) is 70.8 Å². The van der Waals surface area contributed by atoms with Crippen LogP contribution in [0.5, 0.6) is 23.0 Å². The van der Waals surface area contributed by atoms with Gasteiger partial charge in [-0.05, 0) is 55.5 Å². The summed E-state index contributed by atoms with van der Waals surface area (Å²) < 4.78 is 18.0. The minimum Gasteiger partial charge on any atom is -0.493 e. The van der Waals surface area contributed by atoms with Crippen molar-refractivity contribution in [1.82, 2.24) is 14.5 Å². The summed E-state index contributed by atoms with van der Waals surface area (Å²) in [6, 6.07) is 9.73. The molecule has 1 aliphatic rings. The lowest BCUT2D eigenvalue weighted by Gasteiger charge is -2.25. The van der Waals surface area contributed by atoms with Crippen molar-refractivity contribution in [3.05, 3.63) is 76.0 Å². The minimum absolute atomic E-state index is 0.0965. The first kappa shape index (κ1) is 28.7. The number of carbonyl (C=O) groups excluding carboxylic acids is 2. The Morgan fingerprint density at radius 1 is 1.02 bits per heavy atom. The molecule has 5 rings (SSSR count). The molecule has 0 spiro atoms. The van der Waals surface area contributed by atoms with Crippen molar-refractivity contribution in [2.75, 3.05) is 19.5 Å². The fourth-order valence-electron chi connectivity index (χ4n) is 5.09. The lowest BCUT2D eigenvalue weighted by molar-refractivity contribution is 0.0726. The molecule has 218 valence electrons. The molecule has 1 atom stereocenters. The van der Waals surface area contributed by atoms with Gasteiger partial charge in [0, 0.05) is 35.3 Å². The Bertz CT molecular complexity index is 1710. The number of nitrogens with zero attached hydrogens (tertiary/aromatic N) is 3. The van der Waals surface area contributed by atoms with E-state index in [9.17, 15) is 19.5 Å². The number of hydrogen-bond donors (Lipinski definition) is 2. The number of ether oxygens (including phenoxy) is 3. The molecular formula is C31H32N4O7. The molecule has 11 heteroatoms. The van der Waals surface area contributed by atoms with Crippen molar-refractivity contribution in [1.29, 1.82) is 0 Å². The van der Waals surface area contributed by atoms with Crippen LogP contribution in [0, 0.1) is 5.92 Å². The number of amides is 1. The molecule has 0 fully saturated rings. The summed E-state index contributed by atoms with van der Waals surface area (Å²) in [6.45, 7) is 3.85. The molecule has 2 N–H and O–H groups in total. The van der Waals surface area contributed by atoms with Crippen LogP contribution in [-0.2, 0) is 6.42 Å². The first-order valence-corrected chi connectivity index (χ1v) is 13.7. The number of aliphatic hydroxyl groups is 1. The Morgan fingerprint density at radius 3 is 2.48 bits per heavy atom. The predicted octanol–water partition coefficient (Wildman–Crippen LogP) is 4.91. The Morgan fingerprint density at radius 2 is 1.79 bits per heavy atom. The molecule has 4 aromatic rings. The Labute approximate surface area is 242 Å². The summed E-state index contributed by atoms with van der Waals surface area (Å²) >= 11 is 0. The van der Waals surface area contributed by atoms with Crippen LogP contribution in [0.1, 0.15) is 65.7 Å². The van der Waals surface area contributed by atoms with E-state index in [1.807, 2.05) is 13.8 Å². The Balaban J connectivity index is 1.40. The maximum absolute atomic E-state index is 13.4. The number of anilines is 1. The van der Waals surface area contributed by atoms with Crippen molar-refractivity contribution in [3.63, 3.8) is 0 Å². The van der Waals surface area contributed by atoms with Gasteiger partial charge in [-0.2, -0.15) is 0 Å². The standard InChI is InChI=1S/C31H32N4O7/c1-17(2)12-29(37)35-23-6-5-7-24(36)20(23)13-21(31(35)39)30(38)34-28-9-8-18(16-33-28)42-25-10-11-32-22-15-27(41-4)26(40-3)14-19(22)25/h8-11,13-17,29,37H,5-7,12H2,1-4H3,(H,33,34,38). The van der Waals surface area contributed by atoms with E-state index < -0.39 is 17.7 Å². The number of pyridine rings is 3. The molecule has 11 nitrogen and oxygen atoms in total. The van der Waals surface area contributed by atoms with Gasteiger partial charge in [0.1, 0.15) is 29.1 Å². The van der Waals surface area contributed by atoms with Gasteiger partial charge in [0.15, 0.2) is 17.3 Å². The minimum atomic E-state index is -1.15. The van der Waals surface area contributed by atoms with Crippen molar-refractivity contribution >= 4 is 28.4 Å². The lowest BCUT2D eigenvalue weighted by Crippen LogP contribution is -2.37. The van der Waals surface area contributed by atoms with E-state index in [1.165, 1.54) is 22.9 Å². The van der Waals surface area contributed by atoms with Gasteiger partial charge < -0.3 is 24.6 Å². The zero-order chi connectivity index (χ0) is 30.0. The fourth-order valence-corrected chi connectivity index (χ4v) is 5.09. The van der Waals surface area contributed by atoms with Crippen molar-refractivity contribution in [3.8, 4) is 23.0 Å². The quantitative estimate of drug-likeness (QED) is 0.286. The van der Waals surface area contributed by atoms with E-state index in [2.05, 4.69) is 15.3 Å². The molecule has 1 unspecified atom stereocenters. The third kappa shape index (κ3) is 5.68. The molecule has 1 amide bonds. The molecule has 1 aliphatic carbocycles. The summed E-state index contributed by atoms with van der Waals surface area (Å²) in [6.07, 6.45) is 3.59. The van der Waals surface area contributed by atoms with Crippen LogP contribution in [0.2, 0.25) is 0 Å². The normalized spacial score (nSPS) is 13.5. The monoisotopic (exact) mass is 572 g/mol. The third-order valence-corrected chi connectivity index (χ3v) is 7.09. The summed E-state index contributed by atoms with van der Waals surface area (Å²) in [5.74, 6) is 1.37. The average Bonchev–Trinajstić information content (AvgIpc) is 2.97. The SMILES string of the molecule is COc1cc2nccc(Oc3ccc(NC(=O)c4cc5c(n(C(O)CC(C)C)c4=O)CCCC5=O)nc3)c2cc1OC. The number of rotatable bonds is 9. The van der Waals surface area contributed by atoms with Gasteiger partial charge in [-0.3, -0.25) is 23.9 Å². The fraction of sp³-hybridized carbons (Fsp3) is 0.323. The number of methoxy groups -OCH3 is 2. The van der Waals surface area contributed by atoms with Crippen molar-refractivity contribution in [2.45, 2.75) is 45.8 Å². The van der Waals surface area contributed by atoms with Gasteiger partial charge in [-0.25, -0.2) is 4.98 Å². The topological polar surface area (TPSA) is 142 Å². The third-order valence-electron chi connectivity index (χ3n) is 7.09. The number of benzene rings is 1. The molecular weight excluding hydrogens is 540 g/mol. The molecule has 42 heavy (non-hydrogen) atoms. The van der Waals surface area contributed by atoms with Gasteiger partial charge in [0.2, 0.25) is 0 Å². The molecule has 3 heterocycles. The Hall–Kier alpha value is -4.77. The van der Waals surface area contributed by atoms with Crippen LogP contribution in [-0.4, -0.2) is 45.6 Å². The molecule has 0 radical (unpaired) electrons. The number of aromatic nitrogens is 3. The first-order valence-electron chi connectivity index (χ1n) is 13.7. The number of Topliss-reactive ketones (excluding diaryl/α,β-unsaturated/α-hetero) is 1. The number of fused-ring (bicyclic) bond motifs is 2. The van der Waals surface area contributed by atoms with Gasteiger partial charge in [-0.1, -0.05) is 13.8 Å². The van der Waals surface area contributed by atoms with Crippen LogP contribution >= 0.6 is 0 Å². The van der Waals surface area contributed by atoms with Crippen LogP contribution in [0.15, 0.2) is 53.6 Å². The number of ketones is 1. The smallest absolute Gasteiger partial charge is 0.265 e. The van der Waals surface area contributed by atoms with E-state index >= 15 is 0 Å². The van der Waals surface area contributed by atoms with Crippen LogP contribution < -0.4 is 25.1 Å². The van der Waals surface area contributed by atoms with Crippen molar-refractivity contribution < 1.29 is 28.9 Å². The highest BCUT2D eigenvalue weighted by molar-refractivity contribution is 6.06. The van der Waals surface area contributed by atoms with Gasteiger partial charge in [0.25, 0.3) is 11.5 Å². The predicted molar refractivity (Wildman–Crippen MR) is 156 cm³/mol. The van der Waals surface area contributed by atoms with E-state index in [-0.39, 0.29) is 23.1 Å². The highest BCUT2D eigenvalue weighted by atomic mass is 16.5. The maximum atomic E-state index is 13.4. The molecule has 0 saturated heterocycles. The van der Waals surface area contributed by atoms with Crippen LogP contribution in [0.4, 0.5) is 5.82 Å². The first-order chi connectivity index (χ1) is 20.2. The Kier molecular flexibility index (Phi) is 8.21. The summed E-state index contributed by atoms with van der Waals surface area (Å²) in [4.78, 5) is 48.0. The molecule has 0 aliphatic heterocycles. The molecule has 3 aromatic heterocycles. The summed E-state index contributed by atoms with van der Waals surface area (Å²) in [5, 5.41) is 14.2. The summed E-state index contributed by atoms with van der Waals surface area (Å²) in [7, 11) is 3.09. The number of carbonyl (C=O) groups is 2.